The molecule has 0 amide bonds. The van der Waals surface area contributed by atoms with Gasteiger partial charge in [0, 0.05) is 29.1 Å². The minimum atomic E-state index is -0.0513. The van der Waals surface area contributed by atoms with E-state index < -0.39 is 0 Å². The first-order valence-electron chi connectivity index (χ1n) is 8.15. The lowest BCUT2D eigenvalue weighted by Gasteiger charge is -2.09. The van der Waals surface area contributed by atoms with Crippen LogP contribution in [-0.2, 0) is 4.74 Å². The van der Waals surface area contributed by atoms with Gasteiger partial charge in [-0.25, -0.2) is 0 Å². The molecule has 25 heavy (non-hydrogen) atoms. The van der Waals surface area contributed by atoms with E-state index in [2.05, 4.69) is 4.98 Å². The number of rotatable bonds is 3. The minimum absolute atomic E-state index is 0.0395. The standard InChI is InChI=1S/C19H15N3O.C2H6/c20-18(14-6-2-1-3-7-14)23-19(21)16-9-4-8-15(12-16)17-10-5-11-22-13-17;1-2/h1-13,20-21H;1-2H3. The molecule has 4 heteroatoms. The summed E-state index contributed by atoms with van der Waals surface area (Å²) in [6.07, 6.45) is 3.50. The normalized spacial score (nSPS) is 9.52. The van der Waals surface area contributed by atoms with Crippen molar-refractivity contribution in [3.63, 3.8) is 0 Å². The van der Waals surface area contributed by atoms with E-state index in [1.807, 2.05) is 62.4 Å². The largest absolute Gasteiger partial charge is 0.421 e. The highest BCUT2D eigenvalue weighted by Crippen LogP contribution is 2.19. The Morgan fingerprint density at radius 2 is 1.40 bits per heavy atom. The van der Waals surface area contributed by atoms with Crippen LogP contribution in [0.15, 0.2) is 79.1 Å². The molecule has 0 fully saturated rings. The Morgan fingerprint density at radius 1 is 0.760 bits per heavy atom. The first-order valence-corrected chi connectivity index (χ1v) is 8.15. The highest BCUT2D eigenvalue weighted by Gasteiger charge is 2.09. The van der Waals surface area contributed by atoms with Gasteiger partial charge in [0.1, 0.15) is 0 Å². The van der Waals surface area contributed by atoms with Gasteiger partial charge in [-0.15, -0.1) is 0 Å². The fourth-order valence-electron chi connectivity index (χ4n) is 2.18. The number of hydrogen-bond acceptors (Lipinski definition) is 4. The molecule has 4 nitrogen and oxygen atoms in total. The second-order valence-corrected chi connectivity index (χ2v) is 4.95. The quantitative estimate of drug-likeness (QED) is 0.515. The lowest BCUT2D eigenvalue weighted by atomic mass is 10.0. The molecule has 126 valence electrons. The number of nitrogens with one attached hydrogen (secondary N) is 2. The maximum atomic E-state index is 8.09. The summed E-state index contributed by atoms with van der Waals surface area (Å²) in [6, 6.07) is 20.4. The van der Waals surface area contributed by atoms with Gasteiger partial charge in [0.2, 0.25) is 11.8 Å². The highest BCUT2D eigenvalue weighted by molar-refractivity contribution is 6.05. The SMILES string of the molecule is CC.N=C(OC(=N)c1cccc(-c2cccnc2)c1)c1ccccc1. The maximum absolute atomic E-state index is 8.09. The lowest BCUT2D eigenvalue weighted by Crippen LogP contribution is -2.12. The van der Waals surface area contributed by atoms with Crippen molar-refractivity contribution in [1.29, 1.82) is 10.8 Å². The van der Waals surface area contributed by atoms with E-state index in [4.69, 9.17) is 15.6 Å². The number of benzene rings is 2. The lowest BCUT2D eigenvalue weighted by molar-refractivity contribution is 0.538. The van der Waals surface area contributed by atoms with E-state index in [9.17, 15) is 0 Å². The summed E-state index contributed by atoms with van der Waals surface area (Å²) >= 11 is 0. The molecule has 0 saturated heterocycles. The zero-order chi connectivity index (χ0) is 18.1. The van der Waals surface area contributed by atoms with Gasteiger partial charge in [-0.1, -0.05) is 50.2 Å². The molecule has 1 aromatic heterocycles. The average molecular weight is 331 g/mol. The predicted octanol–water partition coefficient (Wildman–Crippen LogP) is 5.14. The Balaban J connectivity index is 0.00000109. The third-order valence-electron chi connectivity index (χ3n) is 3.36. The van der Waals surface area contributed by atoms with Crippen molar-refractivity contribution in [3.8, 4) is 11.1 Å². The van der Waals surface area contributed by atoms with Crippen LogP contribution in [-0.4, -0.2) is 16.8 Å². The van der Waals surface area contributed by atoms with Gasteiger partial charge in [0.05, 0.1) is 0 Å². The van der Waals surface area contributed by atoms with Gasteiger partial charge in [0.25, 0.3) is 0 Å². The molecule has 0 unspecified atom stereocenters. The predicted molar refractivity (Wildman–Crippen MR) is 102 cm³/mol. The molecule has 2 aromatic carbocycles. The first-order chi connectivity index (χ1) is 12.2. The second kappa shape index (κ2) is 9.13. The highest BCUT2D eigenvalue weighted by atomic mass is 16.5. The van der Waals surface area contributed by atoms with Crippen molar-refractivity contribution in [2.45, 2.75) is 13.8 Å². The molecule has 0 aliphatic rings. The van der Waals surface area contributed by atoms with Crippen molar-refractivity contribution in [1.82, 2.24) is 4.98 Å². The molecule has 0 spiro atoms. The molecule has 0 bridgehead atoms. The van der Waals surface area contributed by atoms with E-state index in [1.54, 1.807) is 30.6 Å². The summed E-state index contributed by atoms with van der Waals surface area (Å²) in [5.74, 6) is -0.0908. The number of hydrogen-bond donors (Lipinski definition) is 2. The molecule has 0 saturated carbocycles. The van der Waals surface area contributed by atoms with Crippen LogP contribution in [0.4, 0.5) is 0 Å². The minimum Gasteiger partial charge on any atom is -0.421 e. The molecule has 1 heterocycles. The smallest absolute Gasteiger partial charge is 0.221 e. The van der Waals surface area contributed by atoms with Gasteiger partial charge in [0.15, 0.2) is 0 Å². The fraction of sp³-hybridized carbons (Fsp3) is 0.0952. The summed E-state index contributed by atoms with van der Waals surface area (Å²) in [4.78, 5) is 4.10. The van der Waals surface area contributed by atoms with E-state index in [-0.39, 0.29) is 11.8 Å². The molecular formula is C21H21N3O. The summed E-state index contributed by atoms with van der Waals surface area (Å²) in [7, 11) is 0. The van der Waals surface area contributed by atoms with E-state index in [0.29, 0.717) is 11.1 Å². The van der Waals surface area contributed by atoms with Crippen molar-refractivity contribution in [3.05, 3.63) is 90.3 Å². The second-order valence-electron chi connectivity index (χ2n) is 4.95. The molecule has 0 radical (unpaired) electrons. The Kier molecular flexibility index (Phi) is 6.60. The van der Waals surface area contributed by atoms with Crippen LogP contribution in [0.1, 0.15) is 25.0 Å². The van der Waals surface area contributed by atoms with Gasteiger partial charge in [-0.05, 0) is 35.9 Å². The molecule has 0 aliphatic heterocycles. The Hall–Kier alpha value is -3.27. The maximum Gasteiger partial charge on any atom is 0.221 e. The Labute approximate surface area is 148 Å². The van der Waals surface area contributed by atoms with Crippen LogP contribution < -0.4 is 0 Å². The summed E-state index contributed by atoms with van der Waals surface area (Å²) < 4.78 is 5.36. The fourth-order valence-corrected chi connectivity index (χ4v) is 2.18. The third-order valence-corrected chi connectivity index (χ3v) is 3.36. The summed E-state index contributed by atoms with van der Waals surface area (Å²) in [5.41, 5.74) is 3.18. The van der Waals surface area contributed by atoms with Gasteiger partial charge < -0.3 is 4.74 Å². The number of pyridine rings is 1. The van der Waals surface area contributed by atoms with E-state index >= 15 is 0 Å². The van der Waals surface area contributed by atoms with Gasteiger partial charge >= 0.3 is 0 Å². The monoisotopic (exact) mass is 331 g/mol. The van der Waals surface area contributed by atoms with Crippen LogP contribution in [0.25, 0.3) is 11.1 Å². The van der Waals surface area contributed by atoms with Crippen molar-refractivity contribution < 1.29 is 4.74 Å². The van der Waals surface area contributed by atoms with E-state index in [1.165, 1.54) is 0 Å². The number of ether oxygens (including phenoxy) is 1. The molecule has 2 N–H and O–H groups in total. The van der Waals surface area contributed by atoms with Gasteiger partial charge in [-0.2, -0.15) is 0 Å². The first kappa shape index (κ1) is 18.1. The molecular weight excluding hydrogens is 310 g/mol. The molecule has 3 rings (SSSR count). The Bertz CT molecular complexity index is 830. The van der Waals surface area contributed by atoms with Crippen LogP contribution in [0, 0.1) is 10.8 Å². The van der Waals surface area contributed by atoms with Crippen LogP contribution in [0.3, 0.4) is 0 Å². The van der Waals surface area contributed by atoms with Gasteiger partial charge in [-0.3, -0.25) is 15.8 Å². The van der Waals surface area contributed by atoms with Crippen LogP contribution >= 0.6 is 0 Å². The molecule has 0 atom stereocenters. The molecule has 3 aromatic rings. The van der Waals surface area contributed by atoms with Crippen LogP contribution in [0.5, 0.6) is 0 Å². The van der Waals surface area contributed by atoms with Crippen molar-refractivity contribution in [2.24, 2.45) is 0 Å². The topological polar surface area (TPSA) is 69.8 Å². The average Bonchev–Trinajstić information content (AvgIpc) is 2.71. The van der Waals surface area contributed by atoms with Crippen molar-refractivity contribution >= 4 is 11.8 Å². The van der Waals surface area contributed by atoms with E-state index in [0.717, 1.165) is 11.1 Å². The zero-order valence-electron chi connectivity index (χ0n) is 14.4. The zero-order valence-corrected chi connectivity index (χ0v) is 14.4. The van der Waals surface area contributed by atoms with Crippen molar-refractivity contribution in [2.75, 3.05) is 0 Å². The number of nitrogens with zero attached hydrogens (tertiary/aromatic N) is 1. The summed E-state index contributed by atoms with van der Waals surface area (Å²) in [5, 5.41) is 16.0. The Morgan fingerprint density at radius 3 is 2.08 bits per heavy atom. The number of aromatic nitrogens is 1. The summed E-state index contributed by atoms with van der Waals surface area (Å²) in [6.45, 7) is 4.00. The third kappa shape index (κ3) is 4.85. The van der Waals surface area contributed by atoms with Crippen LogP contribution in [0.2, 0.25) is 0 Å². The molecule has 0 aliphatic carbocycles.